The number of hydrogen-bond donors (Lipinski definition) is 2. The lowest BCUT2D eigenvalue weighted by atomic mass is 9.94. The number of fused-ring (bicyclic) bond motifs is 1. The van der Waals surface area contributed by atoms with Crippen LogP contribution in [-0.4, -0.2) is 75.9 Å². The van der Waals surface area contributed by atoms with Gasteiger partial charge in [-0.3, -0.25) is 14.8 Å². The van der Waals surface area contributed by atoms with E-state index < -0.39 is 0 Å². The van der Waals surface area contributed by atoms with E-state index in [4.69, 9.17) is 4.74 Å². The maximum absolute atomic E-state index is 13.0. The standard InChI is InChI=1S/C20H34N4O3/c1-13(2)24(9-10-25)12-16-5-7-23(8-6-16)20(26)19-17-11-14(3)27-15(4)18(17)21-22-19/h13-16,25H,5-12H2,1-4H3,(H,21,22)/t14-,15+/m0/s1. The van der Waals surface area contributed by atoms with Crippen molar-refractivity contribution < 1.29 is 14.6 Å². The van der Waals surface area contributed by atoms with Gasteiger partial charge in [-0.15, -0.1) is 0 Å². The predicted octanol–water partition coefficient (Wildman–Crippen LogP) is 1.99. The second-order valence-electron chi connectivity index (χ2n) is 8.31. The van der Waals surface area contributed by atoms with Gasteiger partial charge >= 0.3 is 0 Å². The first-order chi connectivity index (χ1) is 12.9. The Morgan fingerprint density at radius 1 is 1.37 bits per heavy atom. The fourth-order valence-corrected chi connectivity index (χ4v) is 4.34. The molecule has 2 aliphatic heterocycles. The average Bonchev–Trinajstić information content (AvgIpc) is 3.05. The molecule has 0 spiro atoms. The first kappa shape index (κ1) is 20.3. The van der Waals surface area contributed by atoms with E-state index in [2.05, 4.69) is 28.9 Å². The van der Waals surface area contributed by atoms with Crippen molar-refractivity contribution in [3.8, 4) is 0 Å². The van der Waals surface area contributed by atoms with Crippen LogP contribution in [0.4, 0.5) is 0 Å². The number of piperidine rings is 1. The number of hydrogen-bond acceptors (Lipinski definition) is 5. The Morgan fingerprint density at radius 2 is 2.07 bits per heavy atom. The molecule has 1 aromatic heterocycles. The van der Waals surface area contributed by atoms with Gasteiger partial charge in [0.25, 0.3) is 5.91 Å². The molecule has 2 aliphatic rings. The number of amides is 1. The van der Waals surface area contributed by atoms with E-state index in [1.165, 1.54) is 0 Å². The molecule has 1 fully saturated rings. The largest absolute Gasteiger partial charge is 0.395 e. The van der Waals surface area contributed by atoms with E-state index in [9.17, 15) is 9.90 Å². The minimum atomic E-state index is -0.0444. The molecule has 1 aromatic rings. The van der Waals surface area contributed by atoms with Crippen molar-refractivity contribution in [1.82, 2.24) is 20.0 Å². The van der Waals surface area contributed by atoms with Crippen LogP contribution in [0, 0.1) is 5.92 Å². The molecule has 2 N–H and O–H groups in total. The van der Waals surface area contributed by atoms with Crippen LogP contribution in [0.15, 0.2) is 0 Å². The molecule has 27 heavy (non-hydrogen) atoms. The quantitative estimate of drug-likeness (QED) is 0.791. The van der Waals surface area contributed by atoms with Gasteiger partial charge in [0.2, 0.25) is 0 Å². The van der Waals surface area contributed by atoms with E-state index in [-0.39, 0.29) is 24.7 Å². The normalized spacial score (nSPS) is 23.9. The highest BCUT2D eigenvalue weighted by Crippen LogP contribution is 2.31. The van der Waals surface area contributed by atoms with Crippen molar-refractivity contribution in [2.24, 2.45) is 5.92 Å². The van der Waals surface area contributed by atoms with Crippen LogP contribution in [0.5, 0.6) is 0 Å². The average molecular weight is 379 g/mol. The first-order valence-corrected chi connectivity index (χ1v) is 10.3. The van der Waals surface area contributed by atoms with Gasteiger partial charge in [-0.25, -0.2) is 0 Å². The summed E-state index contributed by atoms with van der Waals surface area (Å²) in [6.07, 6.45) is 2.80. The van der Waals surface area contributed by atoms with Gasteiger partial charge < -0.3 is 14.7 Å². The maximum Gasteiger partial charge on any atom is 0.274 e. The lowest BCUT2D eigenvalue weighted by molar-refractivity contribution is -0.00703. The summed E-state index contributed by atoms with van der Waals surface area (Å²) in [6, 6.07) is 0.429. The topological polar surface area (TPSA) is 81.7 Å². The molecule has 3 rings (SSSR count). The van der Waals surface area contributed by atoms with Gasteiger partial charge in [-0.1, -0.05) is 0 Å². The third-order valence-corrected chi connectivity index (χ3v) is 5.95. The molecule has 1 amide bonds. The van der Waals surface area contributed by atoms with Crippen molar-refractivity contribution in [2.45, 2.75) is 65.2 Å². The number of carbonyl (C=O) groups excluding carboxylic acids is 1. The molecule has 0 aliphatic carbocycles. The van der Waals surface area contributed by atoms with Crippen LogP contribution < -0.4 is 0 Å². The van der Waals surface area contributed by atoms with Crippen LogP contribution in [-0.2, 0) is 11.2 Å². The number of carbonyl (C=O) groups is 1. The third kappa shape index (κ3) is 4.52. The Morgan fingerprint density at radius 3 is 2.70 bits per heavy atom. The lowest BCUT2D eigenvalue weighted by Crippen LogP contribution is -2.44. The summed E-state index contributed by atoms with van der Waals surface area (Å²) in [7, 11) is 0. The van der Waals surface area contributed by atoms with Gasteiger partial charge in [0, 0.05) is 44.2 Å². The van der Waals surface area contributed by atoms with Crippen LogP contribution in [0.1, 0.15) is 68.4 Å². The third-order valence-electron chi connectivity index (χ3n) is 5.95. The minimum Gasteiger partial charge on any atom is -0.395 e. The summed E-state index contributed by atoms with van der Waals surface area (Å²) >= 11 is 0. The summed E-state index contributed by atoms with van der Waals surface area (Å²) in [5.41, 5.74) is 2.56. The number of aliphatic hydroxyl groups excluding tert-OH is 1. The van der Waals surface area contributed by atoms with Crippen LogP contribution >= 0.6 is 0 Å². The molecular formula is C20H34N4O3. The number of ether oxygens (including phenoxy) is 1. The van der Waals surface area contributed by atoms with Gasteiger partial charge in [-0.05, 0) is 46.5 Å². The van der Waals surface area contributed by atoms with Gasteiger partial charge in [0.05, 0.1) is 24.5 Å². The second-order valence-corrected chi connectivity index (χ2v) is 8.31. The Labute approximate surface area is 162 Å². The molecule has 0 unspecified atom stereocenters. The Hall–Kier alpha value is -1.44. The fraction of sp³-hybridized carbons (Fsp3) is 0.800. The number of nitrogens with zero attached hydrogens (tertiary/aromatic N) is 3. The minimum absolute atomic E-state index is 0.0444. The number of H-pyrrole nitrogens is 1. The second kappa shape index (κ2) is 8.71. The summed E-state index contributed by atoms with van der Waals surface area (Å²) in [6.45, 7) is 11.8. The van der Waals surface area contributed by atoms with Crippen LogP contribution in [0.2, 0.25) is 0 Å². The van der Waals surface area contributed by atoms with Crippen molar-refractivity contribution >= 4 is 5.91 Å². The number of likely N-dealkylation sites (tertiary alicyclic amines) is 1. The highest BCUT2D eigenvalue weighted by atomic mass is 16.5. The number of rotatable bonds is 6. The van der Waals surface area contributed by atoms with Crippen LogP contribution in [0.25, 0.3) is 0 Å². The fourth-order valence-electron chi connectivity index (χ4n) is 4.34. The number of aromatic nitrogens is 2. The molecule has 0 bridgehead atoms. The molecule has 152 valence electrons. The summed E-state index contributed by atoms with van der Waals surface area (Å²) in [5.74, 6) is 0.618. The van der Waals surface area contributed by atoms with E-state index in [0.717, 1.165) is 50.2 Å². The predicted molar refractivity (Wildman–Crippen MR) is 104 cm³/mol. The van der Waals surface area contributed by atoms with E-state index in [1.807, 2.05) is 18.7 Å². The first-order valence-electron chi connectivity index (χ1n) is 10.3. The van der Waals surface area contributed by atoms with E-state index >= 15 is 0 Å². The molecular weight excluding hydrogens is 344 g/mol. The summed E-state index contributed by atoms with van der Waals surface area (Å²) in [4.78, 5) is 17.3. The Bertz CT molecular complexity index is 637. The number of nitrogens with one attached hydrogen (secondary N) is 1. The van der Waals surface area contributed by atoms with Crippen molar-refractivity contribution in [3.63, 3.8) is 0 Å². The number of aromatic amines is 1. The van der Waals surface area contributed by atoms with E-state index in [0.29, 0.717) is 24.2 Å². The smallest absolute Gasteiger partial charge is 0.274 e. The van der Waals surface area contributed by atoms with E-state index in [1.54, 1.807) is 0 Å². The van der Waals surface area contributed by atoms with Gasteiger partial charge in [0.1, 0.15) is 0 Å². The van der Waals surface area contributed by atoms with Gasteiger partial charge in [-0.2, -0.15) is 5.10 Å². The SMILES string of the molecule is CC(C)N(CCO)CC1CCN(C(=O)c2n[nH]c3c2C[C@H](C)O[C@@H]3C)CC1. The number of aliphatic hydroxyl groups is 1. The summed E-state index contributed by atoms with van der Waals surface area (Å²) < 4.78 is 5.82. The molecule has 0 saturated carbocycles. The van der Waals surface area contributed by atoms with Crippen molar-refractivity contribution in [1.29, 1.82) is 0 Å². The highest BCUT2D eigenvalue weighted by molar-refractivity contribution is 5.94. The summed E-state index contributed by atoms with van der Waals surface area (Å²) in [5, 5.41) is 16.6. The van der Waals surface area contributed by atoms with Crippen molar-refractivity contribution in [3.05, 3.63) is 17.0 Å². The zero-order valence-corrected chi connectivity index (χ0v) is 17.1. The lowest BCUT2D eigenvalue weighted by Gasteiger charge is -2.36. The van der Waals surface area contributed by atoms with Gasteiger partial charge in [0.15, 0.2) is 5.69 Å². The molecule has 3 heterocycles. The molecule has 7 nitrogen and oxygen atoms in total. The zero-order chi connectivity index (χ0) is 19.6. The Kier molecular flexibility index (Phi) is 6.55. The molecule has 7 heteroatoms. The maximum atomic E-state index is 13.0. The molecule has 0 aromatic carbocycles. The molecule has 1 saturated heterocycles. The van der Waals surface area contributed by atoms with Crippen molar-refractivity contribution in [2.75, 3.05) is 32.8 Å². The molecule has 0 radical (unpaired) electrons. The highest BCUT2D eigenvalue weighted by Gasteiger charge is 2.33. The zero-order valence-electron chi connectivity index (χ0n) is 17.1. The Balaban J connectivity index is 1.60. The van der Waals surface area contributed by atoms with Crippen LogP contribution in [0.3, 0.4) is 0 Å². The monoisotopic (exact) mass is 378 g/mol. The molecule has 2 atom stereocenters.